The third-order valence-corrected chi connectivity index (χ3v) is 5.79. The minimum Gasteiger partial charge on any atom is -0.444 e. The molecule has 1 rings (SSSR count). The van der Waals surface area contributed by atoms with E-state index in [1.807, 2.05) is 27.7 Å². The molecular formula is C18H34NO4PS2. The van der Waals surface area contributed by atoms with E-state index in [4.69, 9.17) is 21.1 Å². The van der Waals surface area contributed by atoms with Crippen molar-refractivity contribution < 1.29 is 18.9 Å². The Labute approximate surface area is 168 Å². The zero-order valence-electron chi connectivity index (χ0n) is 16.8. The molecule has 1 N–H and O–H groups in total. The molecule has 0 aromatic rings. The molecule has 26 heavy (non-hydrogen) atoms. The molecule has 5 unspecified atom stereocenters. The van der Waals surface area contributed by atoms with Gasteiger partial charge in [0.05, 0.1) is 12.6 Å². The van der Waals surface area contributed by atoms with Gasteiger partial charge in [-0.25, -0.2) is 4.79 Å². The van der Waals surface area contributed by atoms with Crippen LogP contribution in [0.3, 0.4) is 0 Å². The summed E-state index contributed by atoms with van der Waals surface area (Å²) in [6.45, 7) is 14.1. The maximum Gasteiger partial charge on any atom is 0.410 e. The van der Waals surface area contributed by atoms with Crippen LogP contribution < -0.4 is 0 Å². The van der Waals surface area contributed by atoms with E-state index in [1.54, 1.807) is 7.05 Å². The molecule has 0 aliphatic heterocycles. The van der Waals surface area contributed by atoms with Crippen molar-refractivity contribution in [3.63, 3.8) is 0 Å². The number of allylic oxidation sites excluding steroid dienone is 1. The summed E-state index contributed by atoms with van der Waals surface area (Å²) >= 11 is 9.08. The van der Waals surface area contributed by atoms with Gasteiger partial charge in [0.2, 0.25) is 5.69 Å². The van der Waals surface area contributed by atoms with Crippen LogP contribution in [0.25, 0.3) is 0 Å². The van der Waals surface area contributed by atoms with Crippen molar-refractivity contribution in [1.82, 2.24) is 4.90 Å². The number of rotatable bonds is 6. The molecule has 0 saturated heterocycles. The monoisotopic (exact) mass is 423 g/mol. The second kappa shape index (κ2) is 9.42. The SMILES string of the molecule is C=C(C)C1CCC(C)CC1C(CN(C)C(=O)OC(C)(C)C)OP(O)(=S)S. The van der Waals surface area contributed by atoms with Crippen LogP contribution in [0.5, 0.6) is 0 Å². The van der Waals surface area contributed by atoms with Crippen LogP contribution in [0.15, 0.2) is 12.2 Å². The second-order valence-corrected chi connectivity index (χ2v) is 13.6. The summed E-state index contributed by atoms with van der Waals surface area (Å²) in [6.07, 6.45) is 2.26. The number of thiol groups is 1. The Morgan fingerprint density at radius 3 is 2.50 bits per heavy atom. The van der Waals surface area contributed by atoms with Crippen LogP contribution in [0.2, 0.25) is 0 Å². The molecule has 1 fully saturated rings. The number of ether oxygens (including phenoxy) is 1. The lowest BCUT2D eigenvalue weighted by molar-refractivity contribution is 0.00821. The average molecular weight is 424 g/mol. The van der Waals surface area contributed by atoms with Gasteiger partial charge >= 0.3 is 6.09 Å². The highest BCUT2D eigenvalue weighted by Crippen LogP contribution is 2.52. The number of amides is 1. The second-order valence-electron chi connectivity index (χ2n) is 8.53. The quantitative estimate of drug-likeness (QED) is 0.357. The fraction of sp³-hybridized carbons (Fsp3) is 0.833. The van der Waals surface area contributed by atoms with Crippen LogP contribution in [-0.2, 0) is 21.1 Å². The largest absolute Gasteiger partial charge is 0.444 e. The van der Waals surface area contributed by atoms with Gasteiger partial charge in [0.1, 0.15) is 5.60 Å². The van der Waals surface area contributed by atoms with Crippen molar-refractivity contribution >= 4 is 35.8 Å². The van der Waals surface area contributed by atoms with E-state index in [0.29, 0.717) is 5.92 Å². The topological polar surface area (TPSA) is 59.0 Å². The molecule has 8 heteroatoms. The Morgan fingerprint density at radius 1 is 1.46 bits per heavy atom. The van der Waals surface area contributed by atoms with E-state index in [0.717, 1.165) is 24.8 Å². The number of nitrogens with zero attached hydrogens (tertiary/aromatic N) is 1. The average Bonchev–Trinajstić information content (AvgIpc) is 2.42. The number of likely N-dealkylation sites (N-methyl/N-ethyl adjacent to an activating group) is 1. The van der Waals surface area contributed by atoms with Gasteiger partial charge in [-0.1, -0.05) is 37.7 Å². The van der Waals surface area contributed by atoms with Gasteiger partial charge < -0.3 is 19.1 Å². The van der Waals surface area contributed by atoms with Gasteiger partial charge in [0, 0.05) is 7.05 Å². The standard InChI is InChI=1S/C18H34NO4PS2/c1-12(2)14-9-8-13(3)10-15(14)16(23-24(21,25)26)11-19(7)17(20)22-18(4,5)6/h13-16H,1,8-11H2,2-7H3,(H2,21,25,26). The zero-order valence-corrected chi connectivity index (χ0v) is 19.4. The summed E-state index contributed by atoms with van der Waals surface area (Å²) in [5.74, 6) is 0.950. The molecule has 1 aliphatic carbocycles. The van der Waals surface area contributed by atoms with Crippen LogP contribution in [0, 0.1) is 17.8 Å². The molecule has 0 bridgehead atoms. The van der Waals surface area contributed by atoms with Crippen LogP contribution >= 0.6 is 17.9 Å². The molecule has 5 nitrogen and oxygen atoms in total. The highest BCUT2D eigenvalue weighted by Gasteiger charge is 2.38. The fourth-order valence-corrected chi connectivity index (χ4v) is 4.83. The third-order valence-electron chi connectivity index (χ3n) is 4.70. The van der Waals surface area contributed by atoms with Crippen LogP contribution in [0.1, 0.15) is 53.9 Å². The van der Waals surface area contributed by atoms with E-state index in [-0.39, 0.29) is 18.4 Å². The van der Waals surface area contributed by atoms with Crippen molar-refractivity contribution in [2.75, 3.05) is 13.6 Å². The summed E-state index contributed by atoms with van der Waals surface area (Å²) < 4.78 is 11.2. The molecule has 0 radical (unpaired) electrons. The number of hydrogen-bond acceptors (Lipinski definition) is 4. The van der Waals surface area contributed by atoms with Crippen LogP contribution in [0.4, 0.5) is 4.79 Å². The minimum atomic E-state index is -3.17. The molecule has 0 heterocycles. The first-order valence-electron chi connectivity index (χ1n) is 9.03. The Bertz CT molecular complexity index is 558. The molecule has 1 aliphatic rings. The lowest BCUT2D eigenvalue weighted by Crippen LogP contribution is -2.44. The summed E-state index contributed by atoms with van der Waals surface area (Å²) in [6, 6.07) is 0. The highest BCUT2D eigenvalue weighted by atomic mass is 32.9. The Balaban J connectivity index is 3.01. The Morgan fingerprint density at radius 2 is 2.04 bits per heavy atom. The molecule has 5 atom stereocenters. The van der Waals surface area contributed by atoms with Gasteiger partial charge in [-0.05, 0) is 70.1 Å². The maximum atomic E-state index is 12.4. The predicted octanol–water partition coefficient (Wildman–Crippen LogP) is 5.01. The molecular weight excluding hydrogens is 389 g/mol. The van der Waals surface area contributed by atoms with Crippen LogP contribution in [-0.4, -0.2) is 41.2 Å². The zero-order chi connectivity index (χ0) is 20.3. The summed E-state index contributed by atoms with van der Waals surface area (Å²) in [7, 11) is 1.67. The first-order chi connectivity index (χ1) is 11.7. The molecule has 1 amide bonds. The summed E-state index contributed by atoms with van der Waals surface area (Å²) in [4.78, 5) is 23.9. The lowest BCUT2D eigenvalue weighted by Gasteiger charge is -2.41. The number of carbonyl (C=O) groups is 1. The lowest BCUT2D eigenvalue weighted by atomic mass is 9.70. The number of carbonyl (C=O) groups excluding carboxylic acids is 1. The highest BCUT2D eigenvalue weighted by molar-refractivity contribution is 8.59. The van der Waals surface area contributed by atoms with Crippen molar-refractivity contribution in [3.05, 3.63) is 12.2 Å². The fourth-order valence-electron chi connectivity index (χ4n) is 3.56. The van der Waals surface area contributed by atoms with Gasteiger partial charge in [0.15, 0.2) is 0 Å². The van der Waals surface area contributed by atoms with Crippen molar-refractivity contribution in [3.8, 4) is 0 Å². The van der Waals surface area contributed by atoms with Crippen molar-refractivity contribution in [2.45, 2.75) is 65.6 Å². The summed E-state index contributed by atoms with van der Waals surface area (Å²) in [5, 5.41) is 0. The molecule has 1 saturated carbocycles. The predicted molar refractivity (Wildman–Crippen MR) is 114 cm³/mol. The van der Waals surface area contributed by atoms with E-state index in [1.165, 1.54) is 4.90 Å². The number of hydrogen-bond donors (Lipinski definition) is 2. The van der Waals surface area contributed by atoms with E-state index in [9.17, 15) is 9.69 Å². The molecule has 0 spiro atoms. The maximum absolute atomic E-state index is 12.4. The first kappa shape index (κ1) is 24.0. The Kier molecular flexibility index (Phi) is 8.68. The Hall–Kier alpha value is -0.0700. The first-order valence-corrected chi connectivity index (χ1v) is 12.9. The van der Waals surface area contributed by atoms with E-state index < -0.39 is 23.5 Å². The molecule has 152 valence electrons. The molecule has 0 aromatic heterocycles. The van der Waals surface area contributed by atoms with E-state index >= 15 is 0 Å². The van der Waals surface area contributed by atoms with Gasteiger partial charge in [-0.15, -0.1) is 0 Å². The molecule has 0 aromatic carbocycles. The minimum absolute atomic E-state index is 0.128. The third kappa shape index (κ3) is 8.30. The van der Waals surface area contributed by atoms with Gasteiger partial charge in [-0.2, -0.15) is 0 Å². The van der Waals surface area contributed by atoms with Crippen molar-refractivity contribution in [1.29, 1.82) is 0 Å². The smallest absolute Gasteiger partial charge is 0.410 e. The normalized spacial score (nSPS) is 27.3. The van der Waals surface area contributed by atoms with Crippen molar-refractivity contribution in [2.24, 2.45) is 17.8 Å². The summed E-state index contributed by atoms with van der Waals surface area (Å²) in [5.41, 5.74) is -2.65. The van der Waals surface area contributed by atoms with Gasteiger partial charge in [0.25, 0.3) is 0 Å². The van der Waals surface area contributed by atoms with E-state index in [2.05, 4.69) is 25.8 Å². The van der Waals surface area contributed by atoms with Gasteiger partial charge in [-0.3, -0.25) is 0 Å².